The summed E-state index contributed by atoms with van der Waals surface area (Å²) in [6, 6.07) is 20.3. The van der Waals surface area contributed by atoms with E-state index in [4.69, 9.17) is 9.47 Å². The lowest BCUT2D eigenvalue weighted by atomic mass is 10.1. The van der Waals surface area contributed by atoms with Gasteiger partial charge in [0.2, 0.25) is 0 Å². The van der Waals surface area contributed by atoms with Gasteiger partial charge in [0.1, 0.15) is 11.5 Å². The van der Waals surface area contributed by atoms with Crippen molar-refractivity contribution in [3.63, 3.8) is 0 Å². The van der Waals surface area contributed by atoms with E-state index < -0.39 is 17.8 Å². The van der Waals surface area contributed by atoms with Gasteiger partial charge in [0, 0.05) is 11.8 Å². The third kappa shape index (κ3) is 6.27. The van der Waals surface area contributed by atoms with Crippen molar-refractivity contribution in [3.05, 3.63) is 89.5 Å². The minimum Gasteiger partial charge on any atom is -0.497 e. The highest BCUT2D eigenvalue weighted by Gasteiger charge is 2.13. The third-order valence-corrected chi connectivity index (χ3v) is 4.26. The van der Waals surface area contributed by atoms with Gasteiger partial charge in [-0.3, -0.25) is 9.59 Å². The summed E-state index contributed by atoms with van der Waals surface area (Å²) in [6.07, 6.45) is 1.36. The summed E-state index contributed by atoms with van der Waals surface area (Å²) in [5, 5.41) is 6.22. The van der Waals surface area contributed by atoms with Crippen molar-refractivity contribution in [2.75, 3.05) is 12.4 Å². The maximum atomic E-state index is 12.2. The second-order valence-electron chi connectivity index (χ2n) is 6.71. The number of carbonyl (C=O) groups excluding carboxylic acids is 3. The van der Waals surface area contributed by atoms with Crippen molar-refractivity contribution in [1.29, 1.82) is 0 Å². The van der Waals surface area contributed by atoms with E-state index in [9.17, 15) is 14.4 Å². The molecule has 8 heteroatoms. The van der Waals surface area contributed by atoms with Crippen LogP contribution in [0.5, 0.6) is 11.5 Å². The largest absolute Gasteiger partial charge is 0.497 e. The minimum absolute atomic E-state index is 0.371. The zero-order valence-electron chi connectivity index (χ0n) is 17.5. The Morgan fingerprint density at radius 3 is 2.34 bits per heavy atom. The van der Waals surface area contributed by atoms with E-state index in [1.165, 1.54) is 13.3 Å². The first-order valence-corrected chi connectivity index (χ1v) is 9.62. The van der Waals surface area contributed by atoms with Gasteiger partial charge in [-0.15, -0.1) is 0 Å². The van der Waals surface area contributed by atoms with Gasteiger partial charge in [-0.2, -0.15) is 5.10 Å². The molecular formula is C24H21N3O5. The molecule has 8 nitrogen and oxygen atoms in total. The van der Waals surface area contributed by atoms with Crippen LogP contribution in [0.15, 0.2) is 77.9 Å². The van der Waals surface area contributed by atoms with Gasteiger partial charge in [-0.25, -0.2) is 10.2 Å². The summed E-state index contributed by atoms with van der Waals surface area (Å²) in [7, 11) is 1.50. The van der Waals surface area contributed by atoms with Gasteiger partial charge >= 0.3 is 17.8 Å². The molecule has 0 aliphatic heterocycles. The van der Waals surface area contributed by atoms with E-state index in [0.717, 1.165) is 5.56 Å². The molecule has 2 N–H and O–H groups in total. The Labute approximate surface area is 184 Å². The van der Waals surface area contributed by atoms with Gasteiger partial charge in [-0.1, -0.05) is 23.8 Å². The van der Waals surface area contributed by atoms with Crippen LogP contribution >= 0.6 is 0 Å². The number of benzene rings is 3. The van der Waals surface area contributed by atoms with Crippen LogP contribution in [0.3, 0.4) is 0 Å². The molecule has 0 spiro atoms. The molecule has 162 valence electrons. The number of amides is 2. The lowest BCUT2D eigenvalue weighted by molar-refractivity contribution is -0.136. The molecule has 0 atom stereocenters. The molecule has 3 rings (SSSR count). The normalized spacial score (nSPS) is 10.4. The highest BCUT2D eigenvalue weighted by atomic mass is 16.5. The minimum atomic E-state index is -0.923. The Morgan fingerprint density at radius 1 is 0.875 bits per heavy atom. The van der Waals surface area contributed by atoms with Gasteiger partial charge in [0.15, 0.2) is 0 Å². The summed E-state index contributed by atoms with van der Waals surface area (Å²) in [6.45, 7) is 1.89. The smallest absolute Gasteiger partial charge is 0.343 e. The predicted octanol–water partition coefficient (Wildman–Crippen LogP) is 3.31. The Balaban J connectivity index is 1.51. The number of hydrogen-bond acceptors (Lipinski definition) is 6. The van der Waals surface area contributed by atoms with Gasteiger partial charge in [0.25, 0.3) is 0 Å². The first-order valence-electron chi connectivity index (χ1n) is 9.62. The predicted molar refractivity (Wildman–Crippen MR) is 120 cm³/mol. The standard InChI is InChI=1S/C24H21N3O5/c1-16-5-3-6-18(13-16)24(30)32-20-11-9-17(10-12-20)15-25-27-23(29)22(28)26-19-7-4-8-21(14-19)31-2/h3-15H,1-2H3,(H,26,28)(H,27,29)/b25-15+. The molecule has 3 aromatic carbocycles. The lowest BCUT2D eigenvalue weighted by Crippen LogP contribution is -2.32. The molecule has 0 fully saturated rings. The quantitative estimate of drug-likeness (QED) is 0.205. The molecule has 0 saturated heterocycles. The van der Waals surface area contributed by atoms with Crippen molar-refractivity contribution in [2.45, 2.75) is 6.92 Å². The number of nitrogens with zero attached hydrogens (tertiary/aromatic N) is 1. The molecule has 0 radical (unpaired) electrons. The number of ether oxygens (including phenoxy) is 2. The van der Waals surface area contributed by atoms with Crippen LogP contribution in [-0.4, -0.2) is 31.1 Å². The van der Waals surface area contributed by atoms with Crippen LogP contribution in [0.1, 0.15) is 21.5 Å². The summed E-state index contributed by atoms with van der Waals surface area (Å²) in [5.74, 6) is -1.32. The summed E-state index contributed by atoms with van der Waals surface area (Å²) in [4.78, 5) is 36.0. The average Bonchev–Trinajstić information content (AvgIpc) is 2.80. The fourth-order valence-corrected chi connectivity index (χ4v) is 2.66. The topological polar surface area (TPSA) is 106 Å². The molecule has 0 unspecified atom stereocenters. The first-order chi connectivity index (χ1) is 15.4. The molecule has 0 aliphatic carbocycles. The van der Waals surface area contributed by atoms with Crippen molar-refractivity contribution in [1.82, 2.24) is 5.43 Å². The number of methoxy groups -OCH3 is 1. The van der Waals surface area contributed by atoms with Crippen LogP contribution < -0.4 is 20.2 Å². The molecule has 32 heavy (non-hydrogen) atoms. The number of aryl methyl sites for hydroxylation is 1. The Bertz CT molecular complexity index is 1160. The number of esters is 1. The molecule has 0 aliphatic rings. The van der Waals surface area contributed by atoms with Crippen LogP contribution in [-0.2, 0) is 9.59 Å². The fraction of sp³-hybridized carbons (Fsp3) is 0.0833. The first kappa shape index (κ1) is 22.2. The monoisotopic (exact) mass is 431 g/mol. The van der Waals surface area contributed by atoms with E-state index >= 15 is 0 Å². The number of rotatable bonds is 6. The van der Waals surface area contributed by atoms with Crippen molar-refractivity contribution < 1.29 is 23.9 Å². The maximum Gasteiger partial charge on any atom is 0.343 e. The highest BCUT2D eigenvalue weighted by molar-refractivity contribution is 6.39. The van der Waals surface area contributed by atoms with Crippen molar-refractivity contribution >= 4 is 29.7 Å². The lowest BCUT2D eigenvalue weighted by Gasteiger charge is -2.06. The van der Waals surface area contributed by atoms with Gasteiger partial charge < -0.3 is 14.8 Å². The summed E-state index contributed by atoms with van der Waals surface area (Å²) in [5.41, 5.74) is 4.64. The van der Waals surface area contributed by atoms with Crippen LogP contribution in [0.25, 0.3) is 0 Å². The number of hydrazone groups is 1. The average molecular weight is 431 g/mol. The zero-order valence-corrected chi connectivity index (χ0v) is 17.5. The Hall–Kier alpha value is -4.46. The molecule has 3 aromatic rings. The SMILES string of the molecule is COc1cccc(NC(=O)C(=O)N/N=C/c2ccc(OC(=O)c3cccc(C)c3)cc2)c1. The molecule has 0 bridgehead atoms. The Morgan fingerprint density at radius 2 is 1.62 bits per heavy atom. The van der Waals surface area contributed by atoms with Crippen molar-refractivity contribution in [2.24, 2.45) is 5.10 Å². The van der Waals surface area contributed by atoms with Crippen LogP contribution in [0.4, 0.5) is 5.69 Å². The highest BCUT2D eigenvalue weighted by Crippen LogP contribution is 2.16. The van der Waals surface area contributed by atoms with Crippen LogP contribution in [0, 0.1) is 6.92 Å². The summed E-state index contributed by atoms with van der Waals surface area (Å²) >= 11 is 0. The third-order valence-electron chi connectivity index (χ3n) is 4.26. The molecule has 2 amide bonds. The van der Waals surface area contributed by atoms with E-state index in [1.807, 2.05) is 13.0 Å². The molecule has 0 aromatic heterocycles. The van der Waals surface area contributed by atoms with Crippen LogP contribution in [0.2, 0.25) is 0 Å². The molecule has 0 heterocycles. The molecular weight excluding hydrogens is 410 g/mol. The van der Waals surface area contributed by atoms with E-state index in [2.05, 4.69) is 15.8 Å². The van der Waals surface area contributed by atoms with E-state index in [1.54, 1.807) is 66.7 Å². The zero-order chi connectivity index (χ0) is 22.9. The van der Waals surface area contributed by atoms with E-state index in [-0.39, 0.29) is 0 Å². The van der Waals surface area contributed by atoms with Gasteiger partial charge in [0.05, 0.1) is 18.9 Å². The summed E-state index contributed by atoms with van der Waals surface area (Å²) < 4.78 is 10.4. The second kappa shape index (κ2) is 10.5. The van der Waals surface area contributed by atoms with Gasteiger partial charge in [-0.05, 0) is 61.0 Å². The van der Waals surface area contributed by atoms with E-state index in [0.29, 0.717) is 28.3 Å². The fourth-order valence-electron chi connectivity index (χ4n) is 2.66. The second-order valence-corrected chi connectivity index (χ2v) is 6.71. The van der Waals surface area contributed by atoms with Crippen molar-refractivity contribution in [3.8, 4) is 11.5 Å². The number of anilines is 1. The Kier molecular flexibility index (Phi) is 7.32. The number of nitrogens with one attached hydrogen (secondary N) is 2. The maximum absolute atomic E-state index is 12.2. The number of carbonyl (C=O) groups is 3. The molecule has 0 saturated carbocycles. The number of hydrogen-bond donors (Lipinski definition) is 2.